The summed E-state index contributed by atoms with van der Waals surface area (Å²) in [7, 11) is 1.55. The Kier molecular flexibility index (Phi) is 5.89. The third-order valence-electron chi connectivity index (χ3n) is 3.34. The van der Waals surface area contributed by atoms with Gasteiger partial charge in [0.2, 0.25) is 0 Å². The number of non-ortho nitro benzene ring substituents is 1. The van der Waals surface area contributed by atoms with Crippen molar-refractivity contribution in [1.29, 1.82) is 0 Å². The van der Waals surface area contributed by atoms with E-state index in [0.717, 1.165) is 0 Å². The van der Waals surface area contributed by atoms with Crippen LogP contribution in [0.15, 0.2) is 48.5 Å². The normalized spacial score (nSPS) is 10.9. The fourth-order valence-electron chi connectivity index (χ4n) is 2.22. The van der Waals surface area contributed by atoms with Crippen molar-refractivity contribution in [3.8, 4) is 11.5 Å². The van der Waals surface area contributed by atoms with Gasteiger partial charge < -0.3 is 9.47 Å². The highest BCUT2D eigenvalue weighted by molar-refractivity contribution is 6.07. The van der Waals surface area contributed by atoms with E-state index in [-0.39, 0.29) is 23.1 Å². The number of methoxy groups -OCH3 is 1. The monoisotopic (exact) mass is 341 g/mol. The van der Waals surface area contributed by atoms with Crippen molar-refractivity contribution in [1.82, 2.24) is 0 Å². The summed E-state index contributed by atoms with van der Waals surface area (Å²) in [6.07, 6.45) is 2.92. The highest BCUT2D eigenvalue weighted by Crippen LogP contribution is 2.33. The van der Waals surface area contributed by atoms with Crippen molar-refractivity contribution < 1.29 is 19.2 Å². The highest BCUT2D eigenvalue weighted by atomic mass is 16.6. The predicted octanol–water partition coefficient (Wildman–Crippen LogP) is 4.29. The molecule has 0 fully saturated rings. The Labute approximate surface area is 145 Å². The number of nitro groups is 1. The van der Waals surface area contributed by atoms with Crippen molar-refractivity contribution in [2.24, 2.45) is 0 Å². The van der Waals surface area contributed by atoms with Crippen LogP contribution in [0.5, 0.6) is 11.5 Å². The minimum atomic E-state index is -0.531. The molecule has 0 atom stereocenters. The van der Waals surface area contributed by atoms with Gasteiger partial charge >= 0.3 is 0 Å². The van der Waals surface area contributed by atoms with Crippen molar-refractivity contribution in [3.05, 3.63) is 69.8 Å². The quantitative estimate of drug-likeness (QED) is 0.325. The minimum absolute atomic E-state index is 0.0593. The standard InChI is InChI=1S/C19H19NO5/c1-13(2)25-19-14(6-5-9-18(19)24-3)10-11-17(21)15-7-4-8-16(12-15)20(22)23/h4-13H,1-3H3/b11-10+. The molecule has 0 amide bonds. The zero-order valence-electron chi connectivity index (χ0n) is 14.3. The lowest BCUT2D eigenvalue weighted by atomic mass is 10.1. The summed E-state index contributed by atoms with van der Waals surface area (Å²) >= 11 is 0. The maximum Gasteiger partial charge on any atom is 0.270 e. The van der Waals surface area contributed by atoms with E-state index in [9.17, 15) is 14.9 Å². The molecule has 2 rings (SSSR count). The van der Waals surface area contributed by atoms with Gasteiger partial charge in [0.15, 0.2) is 17.3 Å². The molecule has 0 aliphatic rings. The van der Waals surface area contributed by atoms with Crippen molar-refractivity contribution in [2.45, 2.75) is 20.0 Å². The molecular weight excluding hydrogens is 322 g/mol. The molecule has 0 saturated heterocycles. The molecule has 0 saturated carbocycles. The number of rotatable bonds is 7. The number of benzene rings is 2. The third kappa shape index (κ3) is 4.67. The Hall–Kier alpha value is -3.15. The molecule has 0 spiro atoms. The molecule has 0 aromatic heterocycles. The zero-order valence-corrected chi connectivity index (χ0v) is 14.3. The first kappa shape index (κ1) is 18.2. The van der Waals surface area contributed by atoms with Gasteiger partial charge in [0, 0.05) is 23.3 Å². The average Bonchev–Trinajstić information content (AvgIpc) is 2.60. The molecule has 0 N–H and O–H groups in total. The lowest BCUT2D eigenvalue weighted by Gasteiger charge is -2.15. The number of hydrogen-bond donors (Lipinski definition) is 0. The lowest BCUT2D eigenvalue weighted by Crippen LogP contribution is -2.08. The smallest absolute Gasteiger partial charge is 0.270 e. The maximum absolute atomic E-state index is 12.3. The number of ether oxygens (including phenoxy) is 2. The van der Waals surface area contributed by atoms with Crippen LogP contribution in [0.4, 0.5) is 5.69 Å². The van der Waals surface area contributed by atoms with Crippen molar-refractivity contribution in [3.63, 3.8) is 0 Å². The second-order valence-corrected chi connectivity index (χ2v) is 5.55. The molecular formula is C19H19NO5. The van der Waals surface area contributed by atoms with Gasteiger partial charge in [0.25, 0.3) is 5.69 Å². The first-order chi connectivity index (χ1) is 11.9. The van der Waals surface area contributed by atoms with Crippen LogP contribution < -0.4 is 9.47 Å². The van der Waals surface area contributed by atoms with Crippen LogP contribution in [0, 0.1) is 10.1 Å². The fraction of sp³-hybridized carbons (Fsp3) is 0.211. The number of hydrogen-bond acceptors (Lipinski definition) is 5. The summed E-state index contributed by atoms with van der Waals surface area (Å²) in [5.41, 5.74) is 0.816. The van der Waals surface area contributed by atoms with E-state index in [0.29, 0.717) is 17.1 Å². The predicted molar refractivity (Wildman–Crippen MR) is 95.2 cm³/mol. The first-order valence-corrected chi connectivity index (χ1v) is 7.73. The Bertz CT molecular complexity index is 811. The molecule has 6 heteroatoms. The van der Waals surface area contributed by atoms with Crippen LogP contribution >= 0.6 is 0 Å². The van der Waals surface area contributed by atoms with E-state index >= 15 is 0 Å². The van der Waals surface area contributed by atoms with Gasteiger partial charge in [0.1, 0.15) is 0 Å². The lowest BCUT2D eigenvalue weighted by molar-refractivity contribution is -0.384. The van der Waals surface area contributed by atoms with Crippen LogP contribution in [-0.4, -0.2) is 23.9 Å². The van der Waals surface area contributed by atoms with E-state index < -0.39 is 4.92 Å². The van der Waals surface area contributed by atoms with E-state index in [2.05, 4.69) is 0 Å². The van der Waals surface area contributed by atoms with Crippen LogP contribution in [0.3, 0.4) is 0 Å². The summed E-state index contributed by atoms with van der Waals surface area (Å²) in [4.78, 5) is 22.6. The molecule has 0 radical (unpaired) electrons. The Morgan fingerprint density at radius 3 is 2.56 bits per heavy atom. The molecule has 0 unspecified atom stereocenters. The summed E-state index contributed by atoms with van der Waals surface area (Å²) in [6.45, 7) is 3.79. The molecule has 0 heterocycles. The van der Waals surface area contributed by atoms with E-state index in [1.807, 2.05) is 13.8 Å². The maximum atomic E-state index is 12.3. The third-order valence-corrected chi connectivity index (χ3v) is 3.34. The van der Waals surface area contributed by atoms with Crippen molar-refractivity contribution >= 4 is 17.5 Å². The summed E-state index contributed by atoms with van der Waals surface area (Å²) in [5, 5.41) is 10.8. The van der Waals surface area contributed by atoms with Gasteiger partial charge in [-0.3, -0.25) is 14.9 Å². The van der Waals surface area contributed by atoms with Gasteiger partial charge in [-0.05, 0) is 32.1 Å². The van der Waals surface area contributed by atoms with Crippen LogP contribution in [0.1, 0.15) is 29.8 Å². The molecule has 0 aliphatic heterocycles. The van der Waals surface area contributed by atoms with Crippen molar-refractivity contribution in [2.75, 3.05) is 7.11 Å². The molecule has 0 bridgehead atoms. The number of carbonyl (C=O) groups is 1. The number of ketones is 1. The summed E-state index contributed by atoms with van der Waals surface area (Å²) in [5.74, 6) is 0.781. The molecule has 2 aromatic carbocycles. The van der Waals surface area contributed by atoms with Crippen LogP contribution in [-0.2, 0) is 0 Å². The first-order valence-electron chi connectivity index (χ1n) is 7.73. The topological polar surface area (TPSA) is 78.7 Å². The van der Waals surface area contributed by atoms with Crippen LogP contribution in [0.2, 0.25) is 0 Å². The number of nitrogens with zero attached hydrogens (tertiary/aromatic N) is 1. The molecule has 6 nitrogen and oxygen atoms in total. The van der Waals surface area contributed by atoms with Gasteiger partial charge in [-0.15, -0.1) is 0 Å². The SMILES string of the molecule is COc1cccc(/C=C/C(=O)c2cccc([N+](=O)[O-])c2)c1OC(C)C. The largest absolute Gasteiger partial charge is 0.493 e. The molecule has 2 aromatic rings. The van der Waals surface area contributed by atoms with E-state index in [1.54, 1.807) is 31.4 Å². The second kappa shape index (κ2) is 8.10. The molecule has 25 heavy (non-hydrogen) atoms. The number of para-hydroxylation sites is 1. The average molecular weight is 341 g/mol. The Morgan fingerprint density at radius 1 is 1.20 bits per heavy atom. The van der Waals surface area contributed by atoms with E-state index in [1.165, 1.54) is 30.3 Å². The summed E-state index contributed by atoms with van der Waals surface area (Å²) in [6, 6.07) is 11.0. The van der Waals surface area contributed by atoms with Crippen LogP contribution in [0.25, 0.3) is 6.08 Å². The minimum Gasteiger partial charge on any atom is -0.493 e. The highest BCUT2D eigenvalue weighted by Gasteiger charge is 2.12. The van der Waals surface area contributed by atoms with Gasteiger partial charge in [-0.1, -0.05) is 24.3 Å². The fourth-order valence-corrected chi connectivity index (χ4v) is 2.22. The van der Waals surface area contributed by atoms with Gasteiger partial charge in [0.05, 0.1) is 18.1 Å². The number of nitro benzene ring substituents is 1. The second-order valence-electron chi connectivity index (χ2n) is 5.55. The Morgan fingerprint density at radius 2 is 1.92 bits per heavy atom. The van der Waals surface area contributed by atoms with Gasteiger partial charge in [-0.2, -0.15) is 0 Å². The van der Waals surface area contributed by atoms with Gasteiger partial charge in [-0.25, -0.2) is 0 Å². The number of allylic oxidation sites excluding steroid dienone is 1. The summed E-state index contributed by atoms with van der Waals surface area (Å²) < 4.78 is 11.1. The zero-order chi connectivity index (χ0) is 18.4. The van der Waals surface area contributed by atoms with E-state index in [4.69, 9.17) is 9.47 Å². The molecule has 130 valence electrons. The molecule has 0 aliphatic carbocycles. The Balaban J connectivity index is 2.31. The number of carbonyl (C=O) groups excluding carboxylic acids is 1.